The van der Waals surface area contributed by atoms with Crippen LogP contribution in [0.5, 0.6) is 0 Å². The molecule has 4 aromatic rings. The summed E-state index contributed by atoms with van der Waals surface area (Å²) in [5, 5.41) is 7.08. The molecule has 0 N–H and O–H groups in total. The van der Waals surface area contributed by atoms with Crippen LogP contribution in [0.25, 0.3) is 10.6 Å². The molecule has 0 aliphatic carbocycles. The molecule has 142 valence electrons. The molecule has 0 saturated carbocycles. The first-order valence-corrected chi connectivity index (χ1v) is 9.78. The second-order valence-electron chi connectivity index (χ2n) is 6.59. The van der Waals surface area contributed by atoms with Gasteiger partial charge in [-0.15, -0.1) is 11.3 Å². The van der Waals surface area contributed by atoms with Crippen LogP contribution < -0.4 is 0 Å². The summed E-state index contributed by atoms with van der Waals surface area (Å²) < 4.78 is 18.6. The van der Waals surface area contributed by atoms with E-state index in [1.165, 1.54) is 12.1 Å². The van der Waals surface area contributed by atoms with Crippen LogP contribution in [-0.2, 0) is 19.5 Å². The van der Waals surface area contributed by atoms with Crippen LogP contribution in [0.1, 0.15) is 23.0 Å². The van der Waals surface area contributed by atoms with Crippen molar-refractivity contribution >= 4 is 11.3 Å². The van der Waals surface area contributed by atoms with Crippen LogP contribution in [0.15, 0.2) is 64.5 Å². The molecule has 0 atom stereocenters. The first kappa shape index (κ1) is 18.5. The first-order valence-electron chi connectivity index (χ1n) is 8.90. The zero-order chi connectivity index (χ0) is 19.3. The Morgan fingerprint density at radius 1 is 1.04 bits per heavy atom. The van der Waals surface area contributed by atoms with Crippen LogP contribution in [-0.4, -0.2) is 27.1 Å². The summed E-state index contributed by atoms with van der Waals surface area (Å²) in [5.74, 6) is 0.820. The minimum atomic E-state index is -0.265. The van der Waals surface area contributed by atoms with Crippen molar-refractivity contribution in [1.29, 1.82) is 0 Å². The van der Waals surface area contributed by atoms with Gasteiger partial charge in [-0.05, 0) is 24.7 Å². The van der Waals surface area contributed by atoms with Crippen molar-refractivity contribution in [3.05, 3.63) is 88.8 Å². The number of thiazole rings is 1. The quantitative estimate of drug-likeness (QED) is 0.460. The predicted molar refractivity (Wildman–Crippen MR) is 106 cm³/mol. The van der Waals surface area contributed by atoms with E-state index in [2.05, 4.69) is 32.6 Å². The van der Waals surface area contributed by atoms with Gasteiger partial charge in [-0.25, -0.2) is 9.37 Å². The Morgan fingerprint density at radius 2 is 1.89 bits per heavy atom. The molecule has 4 rings (SSSR count). The number of benzene rings is 2. The molecule has 0 aliphatic rings. The van der Waals surface area contributed by atoms with Gasteiger partial charge in [0.05, 0.1) is 12.2 Å². The molecule has 0 fully saturated rings. The van der Waals surface area contributed by atoms with E-state index >= 15 is 0 Å². The average molecular weight is 394 g/mol. The van der Waals surface area contributed by atoms with Gasteiger partial charge in [-0.1, -0.05) is 47.6 Å². The van der Waals surface area contributed by atoms with E-state index < -0.39 is 0 Å². The third-order valence-corrected chi connectivity index (χ3v) is 5.11. The lowest BCUT2D eigenvalue weighted by Gasteiger charge is -2.11. The summed E-state index contributed by atoms with van der Waals surface area (Å²) in [7, 11) is 1.98. The van der Waals surface area contributed by atoms with Gasteiger partial charge >= 0.3 is 0 Å². The fraction of sp³-hybridized carbons (Fsp3) is 0.190. The van der Waals surface area contributed by atoms with Gasteiger partial charge in [0.2, 0.25) is 5.89 Å². The normalized spacial score (nSPS) is 11.2. The molecule has 2 aromatic heterocycles. The molecule has 0 saturated heterocycles. The van der Waals surface area contributed by atoms with Gasteiger partial charge in [-0.3, -0.25) is 4.90 Å². The zero-order valence-corrected chi connectivity index (χ0v) is 16.2. The first-order chi connectivity index (χ1) is 13.7. The highest BCUT2D eigenvalue weighted by molar-refractivity contribution is 7.13. The minimum absolute atomic E-state index is 0.265. The van der Waals surface area contributed by atoms with Crippen LogP contribution in [0, 0.1) is 5.82 Å². The lowest BCUT2D eigenvalue weighted by atomic mass is 10.1. The second kappa shape index (κ2) is 8.41. The van der Waals surface area contributed by atoms with Crippen LogP contribution in [0.2, 0.25) is 0 Å². The molecule has 0 spiro atoms. The lowest BCUT2D eigenvalue weighted by Crippen LogP contribution is -2.17. The Balaban J connectivity index is 1.35. The number of halogens is 1. The molecule has 28 heavy (non-hydrogen) atoms. The van der Waals surface area contributed by atoms with E-state index in [0.717, 1.165) is 21.8 Å². The molecule has 5 nitrogen and oxygen atoms in total. The topological polar surface area (TPSA) is 55.1 Å². The number of aromatic nitrogens is 3. The van der Waals surface area contributed by atoms with Crippen LogP contribution in [0.4, 0.5) is 4.39 Å². The van der Waals surface area contributed by atoms with Crippen LogP contribution in [0.3, 0.4) is 0 Å². The molecule has 2 aromatic carbocycles. The predicted octanol–water partition coefficient (Wildman–Crippen LogP) is 4.56. The Labute approximate surface area is 166 Å². The molecule has 0 aliphatic heterocycles. The van der Waals surface area contributed by atoms with E-state index in [1.807, 2.05) is 31.3 Å². The number of rotatable bonds is 7. The highest BCUT2D eigenvalue weighted by Gasteiger charge is 2.12. The molecule has 2 heterocycles. The van der Waals surface area contributed by atoms with Crippen molar-refractivity contribution in [3.63, 3.8) is 0 Å². The largest absolute Gasteiger partial charge is 0.338 e. The summed E-state index contributed by atoms with van der Waals surface area (Å²) in [5.41, 5.74) is 2.95. The maximum atomic E-state index is 13.3. The zero-order valence-electron chi connectivity index (χ0n) is 15.4. The number of hydrogen-bond donors (Lipinski definition) is 0. The van der Waals surface area contributed by atoms with Gasteiger partial charge in [0.15, 0.2) is 5.82 Å². The van der Waals surface area contributed by atoms with E-state index in [9.17, 15) is 4.39 Å². The Hall–Kier alpha value is -2.90. The maximum absolute atomic E-state index is 13.3. The number of nitrogens with zero attached hydrogens (tertiary/aromatic N) is 4. The summed E-state index contributed by atoms with van der Waals surface area (Å²) >= 11 is 1.64. The van der Waals surface area contributed by atoms with E-state index in [0.29, 0.717) is 31.2 Å². The van der Waals surface area contributed by atoms with Crippen molar-refractivity contribution in [2.45, 2.75) is 19.5 Å². The van der Waals surface area contributed by atoms with Crippen molar-refractivity contribution < 1.29 is 8.91 Å². The Bertz CT molecular complexity index is 1050. The van der Waals surface area contributed by atoms with Crippen molar-refractivity contribution in [3.8, 4) is 10.6 Å². The second-order valence-corrected chi connectivity index (χ2v) is 7.45. The van der Waals surface area contributed by atoms with Gasteiger partial charge in [0, 0.05) is 23.9 Å². The van der Waals surface area contributed by atoms with Gasteiger partial charge in [-0.2, -0.15) is 4.98 Å². The summed E-state index contributed by atoms with van der Waals surface area (Å²) in [6.07, 6.45) is 0.442. The van der Waals surface area contributed by atoms with Crippen molar-refractivity contribution in [1.82, 2.24) is 20.0 Å². The minimum Gasteiger partial charge on any atom is -0.338 e. The molecule has 0 unspecified atom stereocenters. The molecular formula is C21H19FN4OS. The van der Waals surface area contributed by atoms with Crippen LogP contribution >= 0.6 is 11.3 Å². The van der Waals surface area contributed by atoms with Gasteiger partial charge in [0.1, 0.15) is 10.8 Å². The molecule has 0 amide bonds. The fourth-order valence-electron chi connectivity index (χ4n) is 2.91. The van der Waals surface area contributed by atoms with E-state index in [4.69, 9.17) is 9.51 Å². The molecule has 0 bridgehead atoms. The SMILES string of the molecule is CN(Cc1csc(-c2ccccc2)n1)Cc1nc(Cc2cccc(F)c2)no1. The summed E-state index contributed by atoms with van der Waals surface area (Å²) in [6, 6.07) is 16.6. The number of hydrogen-bond acceptors (Lipinski definition) is 6. The molecule has 0 radical (unpaired) electrons. The van der Waals surface area contributed by atoms with Crippen molar-refractivity contribution in [2.24, 2.45) is 0 Å². The van der Waals surface area contributed by atoms with E-state index in [-0.39, 0.29) is 5.82 Å². The van der Waals surface area contributed by atoms with E-state index in [1.54, 1.807) is 17.4 Å². The summed E-state index contributed by atoms with van der Waals surface area (Å²) in [6.45, 7) is 1.21. The third-order valence-electron chi connectivity index (χ3n) is 4.17. The van der Waals surface area contributed by atoms with Gasteiger partial charge < -0.3 is 4.52 Å². The Morgan fingerprint density at radius 3 is 2.71 bits per heavy atom. The molecule has 7 heteroatoms. The summed E-state index contributed by atoms with van der Waals surface area (Å²) in [4.78, 5) is 11.2. The lowest BCUT2D eigenvalue weighted by molar-refractivity contribution is 0.258. The van der Waals surface area contributed by atoms with Crippen molar-refractivity contribution in [2.75, 3.05) is 7.05 Å². The molecular weight excluding hydrogens is 375 g/mol. The van der Waals surface area contributed by atoms with Gasteiger partial charge in [0.25, 0.3) is 0 Å². The monoisotopic (exact) mass is 394 g/mol. The fourth-order valence-corrected chi connectivity index (χ4v) is 3.73. The smallest absolute Gasteiger partial charge is 0.240 e. The maximum Gasteiger partial charge on any atom is 0.240 e. The average Bonchev–Trinajstić information content (AvgIpc) is 3.32. The Kier molecular flexibility index (Phi) is 5.55. The standard InChI is InChI=1S/C21H19FN4OS/c1-26(12-18-14-28-21(23-18)16-7-3-2-4-8-16)13-20-24-19(25-27-20)11-15-6-5-9-17(22)10-15/h2-10,14H,11-13H2,1H3. The highest BCUT2D eigenvalue weighted by atomic mass is 32.1. The highest BCUT2D eigenvalue weighted by Crippen LogP contribution is 2.24. The third kappa shape index (κ3) is 4.68.